The van der Waals surface area contributed by atoms with Gasteiger partial charge in [-0.05, 0) is 55.0 Å². The number of nitrogens with zero attached hydrogens (tertiary/aromatic N) is 1. The van der Waals surface area contributed by atoms with E-state index >= 15 is 0 Å². The van der Waals surface area contributed by atoms with Crippen LogP contribution in [0.1, 0.15) is 49.6 Å². The van der Waals surface area contributed by atoms with Gasteiger partial charge in [-0.2, -0.15) is 0 Å². The monoisotopic (exact) mass is 463 g/mol. The van der Waals surface area contributed by atoms with Crippen LogP contribution in [0, 0.1) is 0 Å². The van der Waals surface area contributed by atoms with E-state index in [0.717, 1.165) is 52.8 Å². The van der Waals surface area contributed by atoms with Gasteiger partial charge in [0.2, 0.25) is 0 Å². The van der Waals surface area contributed by atoms with Gasteiger partial charge in [-0.3, -0.25) is 9.59 Å². The highest BCUT2D eigenvalue weighted by molar-refractivity contribution is 7.98. The van der Waals surface area contributed by atoms with Crippen LogP contribution in [0.4, 0.5) is 5.00 Å². The molecule has 0 spiro atoms. The van der Waals surface area contributed by atoms with E-state index in [0.29, 0.717) is 27.1 Å². The standard InChI is InChI=1S/C24H21N3O3S2/c25-21(28)20-16-9-3-6-12-19(16)32-23(20)27-22(29)15-8-2-1-7-14(15)13-31-24-26-17-10-4-5-11-18(17)30-24/h1-2,4-5,7-8,10-11H,3,6,9,12-13H2,(H2,25,28)(H,27,29). The second-order valence-corrected chi connectivity index (χ2v) is 9.66. The molecule has 5 rings (SSSR count). The van der Waals surface area contributed by atoms with Crippen LogP contribution >= 0.6 is 23.1 Å². The first-order valence-corrected chi connectivity index (χ1v) is 12.2. The van der Waals surface area contributed by atoms with E-state index in [1.165, 1.54) is 23.1 Å². The first-order chi connectivity index (χ1) is 15.6. The number of hydrogen-bond donors (Lipinski definition) is 2. The first kappa shape index (κ1) is 20.8. The van der Waals surface area contributed by atoms with Crippen LogP contribution in [0.2, 0.25) is 0 Å². The number of amides is 2. The maximum Gasteiger partial charge on any atom is 0.257 e. The molecule has 0 saturated heterocycles. The molecule has 4 aromatic rings. The van der Waals surface area contributed by atoms with Crippen molar-refractivity contribution in [3.63, 3.8) is 0 Å². The molecule has 2 heterocycles. The number of anilines is 1. The Morgan fingerprint density at radius 3 is 2.72 bits per heavy atom. The summed E-state index contributed by atoms with van der Waals surface area (Å²) in [6.45, 7) is 0. The lowest BCUT2D eigenvalue weighted by Gasteiger charge is -2.11. The molecule has 1 aliphatic rings. The molecule has 0 saturated carbocycles. The summed E-state index contributed by atoms with van der Waals surface area (Å²) in [6.07, 6.45) is 3.88. The zero-order chi connectivity index (χ0) is 22.1. The molecular formula is C24H21N3O3S2. The van der Waals surface area contributed by atoms with Crippen LogP contribution < -0.4 is 11.1 Å². The van der Waals surface area contributed by atoms with Crippen molar-refractivity contribution in [1.29, 1.82) is 0 Å². The quantitative estimate of drug-likeness (QED) is 0.373. The second kappa shape index (κ2) is 8.80. The third kappa shape index (κ3) is 4.03. The third-order valence-electron chi connectivity index (χ3n) is 5.53. The molecule has 0 unspecified atom stereocenters. The number of hydrogen-bond acceptors (Lipinski definition) is 6. The Bertz CT molecular complexity index is 1290. The Morgan fingerprint density at radius 1 is 1.09 bits per heavy atom. The molecule has 0 atom stereocenters. The summed E-state index contributed by atoms with van der Waals surface area (Å²) in [5, 5.41) is 4.07. The summed E-state index contributed by atoms with van der Waals surface area (Å²) in [6, 6.07) is 15.0. The van der Waals surface area contributed by atoms with Gasteiger partial charge in [0.25, 0.3) is 17.0 Å². The van der Waals surface area contributed by atoms with Gasteiger partial charge >= 0.3 is 0 Å². The molecule has 2 aromatic heterocycles. The average molecular weight is 464 g/mol. The van der Waals surface area contributed by atoms with Gasteiger partial charge in [0.15, 0.2) is 5.58 Å². The number of aryl methyl sites for hydroxylation is 1. The molecular weight excluding hydrogens is 442 g/mol. The number of fused-ring (bicyclic) bond motifs is 2. The molecule has 1 aliphatic carbocycles. The van der Waals surface area contributed by atoms with E-state index in [1.54, 1.807) is 6.07 Å². The maximum atomic E-state index is 13.2. The molecule has 32 heavy (non-hydrogen) atoms. The fourth-order valence-corrected chi connectivity index (χ4v) is 6.14. The smallest absolute Gasteiger partial charge is 0.257 e. The van der Waals surface area contributed by atoms with Gasteiger partial charge in [0, 0.05) is 16.2 Å². The van der Waals surface area contributed by atoms with Crippen molar-refractivity contribution >= 4 is 51.0 Å². The Kier molecular flexibility index (Phi) is 5.71. The Hall–Kier alpha value is -3.10. The van der Waals surface area contributed by atoms with E-state index in [-0.39, 0.29) is 5.91 Å². The van der Waals surface area contributed by atoms with Gasteiger partial charge in [0.1, 0.15) is 10.5 Å². The van der Waals surface area contributed by atoms with Crippen molar-refractivity contribution in [2.75, 3.05) is 5.32 Å². The number of thioether (sulfide) groups is 1. The number of primary amides is 1. The molecule has 0 bridgehead atoms. The highest BCUT2D eigenvalue weighted by Gasteiger charge is 2.25. The zero-order valence-corrected chi connectivity index (χ0v) is 18.9. The number of aromatic nitrogens is 1. The average Bonchev–Trinajstić information content (AvgIpc) is 3.38. The van der Waals surface area contributed by atoms with Gasteiger partial charge in [0.05, 0.1) is 5.56 Å². The molecule has 2 amide bonds. The number of carbonyl (C=O) groups is 2. The molecule has 162 valence electrons. The van der Waals surface area contributed by atoms with Crippen LogP contribution in [0.5, 0.6) is 0 Å². The number of benzene rings is 2. The highest BCUT2D eigenvalue weighted by Crippen LogP contribution is 2.38. The minimum absolute atomic E-state index is 0.250. The van der Waals surface area contributed by atoms with Crippen molar-refractivity contribution in [1.82, 2.24) is 4.98 Å². The third-order valence-corrected chi connectivity index (χ3v) is 7.62. The van der Waals surface area contributed by atoms with Crippen molar-refractivity contribution < 1.29 is 14.0 Å². The number of para-hydroxylation sites is 2. The van der Waals surface area contributed by atoms with Gasteiger partial charge in [-0.25, -0.2) is 4.98 Å². The number of oxazole rings is 1. The Morgan fingerprint density at radius 2 is 1.88 bits per heavy atom. The van der Waals surface area contributed by atoms with Crippen molar-refractivity contribution in [2.45, 2.75) is 36.7 Å². The number of carbonyl (C=O) groups excluding carboxylic acids is 2. The van der Waals surface area contributed by atoms with Crippen LogP contribution in [0.25, 0.3) is 11.1 Å². The molecule has 8 heteroatoms. The number of rotatable bonds is 6. The van der Waals surface area contributed by atoms with E-state index < -0.39 is 5.91 Å². The summed E-state index contributed by atoms with van der Waals surface area (Å²) in [7, 11) is 0. The fourth-order valence-electron chi connectivity index (χ4n) is 4.01. The molecule has 0 radical (unpaired) electrons. The topological polar surface area (TPSA) is 98.2 Å². The summed E-state index contributed by atoms with van der Waals surface area (Å²) < 4.78 is 5.78. The summed E-state index contributed by atoms with van der Waals surface area (Å²) in [5.41, 5.74) is 10.1. The Labute approximate surface area is 193 Å². The van der Waals surface area contributed by atoms with Crippen LogP contribution in [0.3, 0.4) is 0 Å². The van der Waals surface area contributed by atoms with Crippen molar-refractivity contribution in [3.8, 4) is 0 Å². The number of nitrogens with two attached hydrogens (primary N) is 1. The van der Waals surface area contributed by atoms with Gasteiger partial charge < -0.3 is 15.5 Å². The lowest BCUT2D eigenvalue weighted by molar-refractivity contribution is 0.100. The first-order valence-electron chi connectivity index (χ1n) is 10.4. The van der Waals surface area contributed by atoms with Gasteiger partial charge in [-0.15, -0.1) is 11.3 Å². The molecule has 6 nitrogen and oxygen atoms in total. The van der Waals surface area contributed by atoms with Crippen LogP contribution in [-0.4, -0.2) is 16.8 Å². The molecule has 0 aliphatic heterocycles. The number of nitrogens with one attached hydrogen (secondary N) is 1. The summed E-state index contributed by atoms with van der Waals surface area (Å²) in [5.74, 6) is -0.209. The van der Waals surface area contributed by atoms with E-state index in [4.69, 9.17) is 10.2 Å². The largest absolute Gasteiger partial charge is 0.431 e. The molecule has 2 aromatic carbocycles. The normalized spacial score (nSPS) is 13.1. The zero-order valence-electron chi connectivity index (χ0n) is 17.2. The van der Waals surface area contributed by atoms with Crippen LogP contribution in [0.15, 0.2) is 58.2 Å². The summed E-state index contributed by atoms with van der Waals surface area (Å²) >= 11 is 2.91. The molecule has 3 N–H and O–H groups in total. The molecule has 0 fully saturated rings. The minimum Gasteiger partial charge on any atom is -0.431 e. The number of thiophene rings is 1. The highest BCUT2D eigenvalue weighted by atomic mass is 32.2. The van der Waals surface area contributed by atoms with E-state index in [1.807, 2.05) is 42.5 Å². The lowest BCUT2D eigenvalue weighted by Crippen LogP contribution is -2.19. The second-order valence-electron chi connectivity index (χ2n) is 7.63. The summed E-state index contributed by atoms with van der Waals surface area (Å²) in [4.78, 5) is 30.9. The minimum atomic E-state index is -0.487. The van der Waals surface area contributed by atoms with Crippen LogP contribution in [-0.2, 0) is 18.6 Å². The Balaban J connectivity index is 1.37. The van der Waals surface area contributed by atoms with E-state index in [9.17, 15) is 9.59 Å². The lowest BCUT2D eigenvalue weighted by atomic mass is 9.95. The predicted octanol–water partition coefficient (Wildman–Crippen LogP) is 5.41. The van der Waals surface area contributed by atoms with E-state index in [2.05, 4.69) is 10.3 Å². The predicted molar refractivity (Wildman–Crippen MR) is 127 cm³/mol. The maximum absolute atomic E-state index is 13.2. The van der Waals surface area contributed by atoms with Gasteiger partial charge in [-0.1, -0.05) is 42.1 Å². The SMILES string of the molecule is NC(=O)c1c(NC(=O)c2ccccc2CSc2nc3ccccc3o2)sc2c1CCCC2. The van der Waals surface area contributed by atoms with Crippen molar-refractivity contribution in [3.05, 3.63) is 75.7 Å². The van der Waals surface area contributed by atoms with Crippen molar-refractivity contribution in [2.24, 2.45) is 5.73 Å². The fraction of sp³-hybridized carbons (Fsp3) is 0.208.